The zero-order chi connectivity index (χ0) is 49.4. The maximum atomic E-state index is 13.5. The molecule has 0 aliphatic heterocycles. The van der Waals surface area contributed by atoms with Crippen LogP contribution in [-0.4, -0.2) is 74.3 Å². The van der Waals surface area contributed by atoms with Crippen molar-refractivity contribution >= 4 is 19.7 Å². The van der Waals surface area contributed by atoms with Crippen LogP contribution < -0.4 is 5.32 Å². The van der Waals surface area contributed by atoms with Gasteiger partial charge in [-0.05, 0) is 57.4 Å². The quantitative estimate of drug-likeness (QED) is 0.0156. The van der Waals surface area contributed by atoms with Gasteiger partial charge >= 0.3 is 13.8 Å². The second-order valence-corrected chi connectivity index (χ2v) is 22.0. The lowest BCUT2D eigenvalue weighted by atomic mass is 10.0. The summed E-state index contributed by atoms with van der Waals surface area (Å²) in [6, 6.07) is -0.847. The Kier molecular flexibility index (Phi) is 46.6. The fourth-order valence-corrected chi connectivity index (χ4v) is 8.90. The fourth-order valence-electron chi connectivity index (χ4n) is 8.17. The summed E-state index contributed by atoms with van der Waals surface area (Å²) in [5.74, 6) is -0.510. The number of phosphoric acid groups is 1. The molecule has 0 aromatic rings. The summed E-state index contributed by atoms with van der Waals surface area (Å²) in [5.41, 5.74) is 0. The first kappa shape index (κ1) is 65.2. The van der Waals surface area contributed by atoms with Gasteiger partial charge in [-0.1, -0.05) is 231 Å². The molecule has 0 bridgehead atoms. The monoisotopic (exact) mass is 966 g/mol. The molecule has 67 heavy (non-hydrogen) atoms. The molecule has 0 rings (SSSR count). The number of likely N-dealkylation sites (N-methyl/N-ethyl adjacent to an activating group) is 1. The van der Waals surface area contributed by atoms with E-state index in [1.165, 1.54) is 154 Å². The Bertz CT molecular complexity index is 1250. The molecule has 0 aromatic carbocycles. The predicted octanol–water partition coefficient (Wildman–Crippen LogP) is 16.8. The molecule has 3 unspecified atom stereocenters. The molecule has 0 aromatic heterocycles. The number of unbranched alkanes of at least 4 members (excludes halogenated alkanes) is 32. The number of rotatable bonds is 51. The summed E-state index contributed by atoms with van der Waals surface area (Å²) < 4.78 is 30.6. The number of carbonyl (C=O) groups is 2. The minimum absolute atomic E-state index is 0.0402. The van der Waals surface area contributed by atoms with Crippen molar-refractivity contribution < 1.29 is 37.3 Å². The maximum Gasteiger partial charge on any atom is 0.472 e. The lowest BCUT2D eigenvalue weighted by molar-refractivity contribution is -0.870. The van der Waals surface area contributed by atoms with Gasteiger partial charge in [0, 0.05) is 12.8 Å². The minimum Gasteiger partial charge on any atom is -0.456 e. The highest BCUT2D eigenvalue weighted by atomic mass is 31.2. The summed E-state index contributed by atoms with van der Waals surface area (Å²) in [5, 5.41) is 3.05. The topological polar surface area (TPSA) is 111 Å². The first-order valence-electron chi connectivity index (χ1n) is 28.3. The lowest BCUT2D eigenvalue weighted by Gasteiger charge is -2.27. The number of esters is 1. The van der Waals surface area contributed by atoms with E-state index in [9.17, 15) is 19.0 Å². The average Bonchev–Trinajstić information content (AvgIpc) is 3.28. The first-order chi connectivity index (χ1) is 32.4. The van der Waals surface area contributed by atoms with Crippen molar-refractivity contribution in [2.24, 2.45) is 0 Å². The van der Waals surface area contributed by atoms with Crippen LogP contribution in [0.2, 0.25) is 0 Å². The molecule has 394 valence electrons. The number of amides is 1. The smallest absolute Gasteiger partial charge is 0.456 e. The van der Waals surface area contributed by atoms with Gasteiger partial charge in [0.15, 0.2) is 0 Å². The van der Waals surface area contributed by atoms with Crippen LogP contribution in [0.1, 0.15) is 265 Å². The van der Waals surface area contributed by atoms with Gasteiger partial charge in [-0.15, -0.1) is 0 Å². The zero-order valence-electron chi connectivity index (χ0n) is 44.9. The Morgan fingerprint density at radius 1 is 0.522 bits per heavy atom. The van der Waals surface area contributed by atoms with E-state index in [4.69, 9.17) is 13.8 Å². The third-order valence-corrected chi connectivity index (χ3v) is 13.6. The molecule has 3 atom stereocenters. The van der Waals surface area contributed by atoms with Crippen LogP contribution in [0.25, 0.3) is 0 Å². The Morgan fingerprint density at radius 2 is 0.896 bits per heavy atom. The van der Waals surface area contributed by atoms with Crippen molar-refractivity contribution in [2.75, 3.05) is 40.9 Å². The number of nitrogens with zero attached hydrogens (tertiary/aromatic N) is 1. The molecular formula is C57H110N2O7P+. The summed E-state index contributed by atoms with van der Waals surface area (Å²) in [6.45, 7) is 6.99. The van der Waals surface area contributed by atoms with Crippen LogP contribution in [0.3, 0.4) is 0 Å². The van der Waals surface area contributed by atoms with Crippen LogP contribution in [0.5, 0.6) is 0 Å². The number of nitrogens with one attached hydrogen (secondary N) is 1. The van der Waals surface area contributed by atoms with E-state index in [1.807, 2.05) is 33.3 Å². The summed E-state index contributed by atoms with van der Waals surface area (Å²) in [4.78, 5) is 37.5. The molecule has 0 heterocycles. The van der Waals surface area contributed by atoms with Gasteiger partial charge in [-0.3, -0.25) is 18.6 Å². The van der Waals surface area contributed by atoms with Gasteiger partial charge in [-0.25, -0.2) is 4.57 Å². The van der Waals surface area contributed by atoms with Crippen molar-refractivity contribution in [3.8, 4) is 0 Å². The second kappa shape index (κ2) is 47.9. The van der Waals surface area contributed by atoms with E-state index in [0.717, 1.165) is 77.0 Å². The van der Waals surface area contributed by atoms with Crippen LogP contribution in [0.4, 0.5) is 0 Å². The van der Waals surface area contributed by atoms with Gasteiger partial charge in [0.25, 0.3) is 0 Å². The summed E-state index contributed by atoms with van der Waals surface area (Å²) in [7, 11) is 1.50. The summed E-state index contributed by atoms with van der Waals surface area (Å²) in [6.07, 6.45) is 55.5. The molecule has 0 aliphatic rings. The van der Waals surface area contributed by atoms with Crippen molar-refractivity contribution in [2.45, 2.75) is 277 Å². The van der Waals surface area contributed by atoms with E-state index in [2.05, 4.69) is 50.4 Å². The lowest BCUT2D eigenvalue weighted by Crippen LogP contribution is -2.47. The first-order valence-corrected chi connectivity index (χ1v) is 29.8. The SMILES string of the molecule is CCCCC/C=C/C=C/CCCCCCCCC(=O)OC(/C=C/CCCCCCCCCCCCC)C(COP(=O)(O)OCC[N+](C)(C)C)NC(=O)CCCCCCCCCCCCCCC. The molecule has 0 radical (unpaired) electrons. The molecule has 0 spiro atoms. The molecule has 9 nitrogen and oxygen atoms in total. The third-order valence-electron chi connectivity index (χ3n) is 12.6. The molecular weight excluding hydrogens is 856 g/mol. The number of ether oxygens (including phenoxy) is 1. The third kappa shape index (κ3) is 49.0. The highest BCUT2D eigenvalue weighted by Gasteiger charge is 2.30. The Labute approximate surface area is 415 Å². The van der Waals surface area contributed by atoms with E-state index in [0.29, 0.717) is 17.4 Å². The number of phosphoric ester groups is 1. The number of carbonyl (C=O) groups excluding carboxylic acids is 2. The molecule has 0 aliphatic carbocycles. The van der Waals surface area contributed by atoms with E-state index < -0.39 is 20.0 Å². The number of allylic oxidation sites excluding steroid dienone is 5. The number of hydrogen-bond acceptors (Lipinski definition) is 6. The minimum atomic E-state index is -4.44. The Balaban J connectivity index is 5.40. The predicted molar refractivity (Wildman–Crippen MR) is 286 cm³/mol. The largest absolute Gasteiger partial charge is 0.472 e. The van der Waals surface area contributed by atoms with Crippen LogP contribution in [-0.2, 0) is 27.9 Å². The average molecular weight is 966 g/mol. The fraction of sp³-hybridized carbons (Fsp3) is 0.860. The summed E-state index contributed by atoms with van der Waals surface area (Å²) >= 11 is 0. The van der Waals surface area contributed by atoms with Crippen molar-refractivity contribution in [3.63, 3.8) is 0 Å². The maximum absolute atomic E-state index is 13.5. The van der Waals surface area contributed by atoms with Crippen molar-refractivity contribution in [3.05, 3.63) is 36.5 Å². The number of quaternary nitrogens is 1. The highest BCUT2D eigenvalue weighted by molar-refractivity contribution is 7.47. The molecule has 0 fully saturated rings. The Hall–Kier alpha value is -1.77. The van der Waals surface area contributed by atoms with E-state index in [-0.39, 0.29) is 31.5 Å². The van der Waals surface area contributed by atoms with Gasteiger partial charge < -0.3 is 19.4 Å². The van der Waals surface area contributed by atoms with Crippen LogP contribution in [0.15, 0.2) is 36.5 Å². The highest BCUT2D eigenvalue weighted by Crippen LogP contribution is 2.43. The van der Waals surface area contributed by atoms with E-state index in [1.54, 1.807) is 0 Å². The van der Waals surface area contributed by atoms with Gasteiger partial charge in [-0.2, -0.15) is 0 Å². The van der Waals surface area contributed by atoms with Gasteiger partial charge in [0.05, 0.1) is 33.8 Å². The molecule has 0 saturated carbocycles. The molecule has 1 amide bonds. The van der Waals surface area contributed by atoms with Gasteiger partial charge in [0.1, 0.15) is 19.3 Å². The second-order valence-electron chi connectivity index (χ2n) is 20.5. The number of hydrogen-bond donors (Lipinski definition) is 2. The van der Waals surface area contributed by atoms with Crippen molar-refractivity contribution in [1.29, 1.82) is 0 Å². The zero-order valence-corrected chi connectivity index (χ0v) is 45.8. The van der Waals surface area contributed by atoms with Crippen LogP contribution >= 0.6 is 7.82 Å². The molecule has 0 saturated heterocycles. The van der Waals surface area contributed by atoms with Crippen molar-refractivity contribution in [1.82, 2.24) is 5.32 Å². The van der Waals surface area contributed by atoms with E-state index >= 15 is 0 Å². The van der Waals surface area contributed by atoms with Crippen LogP contribution in [0, 0.1) is 0 Å². The molecule has 2 N–H and O–H groups in total. The Morgan fingerprint density at radius 3 is 1.34 bits per heavy atom. The normalized spacial score (nSPS) is 14.1. The standard InChI is InChI=1S/C57H109N2O7P/c1-7-10-13-16-19-22-25-28-29-32-35-38-41-44-47-50-57(61)66-55(48-45-42-39-36-33-30-26-23-20-17-14-11-8-2)54(53-65-67(62,63)64-52-51-59(4,5)6)58-56(60)49-46-43-40-37-34-31-27-24-21-18-15-12-9-3/h19,22,25,28,45,48,54-55H,7-18,20-21,23-24,26-27,29-44,46-47,49-53H2,1-6H3,(H-,58,60,62,63)/p+1/b22-19+,28-25+,48-45+. The molecule has 10 heteroatoms. The van der Waals surface area contributed by atoms with Gasteiger partial charge in [0.2, 0.25) is 5.91 Å².